The maximum absolute atomic E-state index is 12.0. The average molecular weight is 285 g/mol. The van der Waals surface area contributed by atoms with Crippen LogP contribution < -0.4 is 5.32 Å². The van der Waals surface area contributed by atoms with Gasteiger partial charge in [0.15, 0.2) is 0 Å². The Morgan fingerprint density at radius 1 is 1.35 bits per heavy atom. The fourth-order valence-corrected chi connectivity index (χ4v) is 2.56. The predicted octanol–water partition coefficient (Wildman–Crippen LogP) is 0.944. The van der Waals surface area contributed by atoms with Crippen molar-refractivity contribution in [1.82, 2.24) is 15.1 Å². The summed E-state index contributed by atoms with van der Waals surface area (Å²) in [6.45, 7) is 11.6. The van der Waals surface area contributed by atoms with Crippen molar-refractivity contribution in [2.75, 3.05) is 46.4 Å². The van der Waals surface area contributed by atoms with E-state index in [-0.39, 0.29) is 18.1 Å². The fraction of sp³-hybridized carbons (Fsp3) is 0.933. The highest BCUT2D eigenvalue weighted by molar-refractivity contribution is 5.76. The fourth-order valence-electron chi connectivity index (χ4n) is 2.56. The lowest BCUT2D eigenvalue weighted by Gasteiger charge is -2.26. The van der Waals surface area contributed by atoms with Gasteiger partial charge in [-0.25, -0.2) is 0 Å². The molecule has 0 aromatic heterocycles. The Labute approximate surface area is 123 Å². The molecule has 118 valence electrons. The van der Waals surface area contributed by atoms with Crippen LogP contribution in [0.1, 0.15) is 33.6 Å². The van der Waals surface area contributed by atoms with Crippen molar-refractivity contribution in [2.24, 2.45) is 0 Å². The summed E-state index contributed by atoms with van der Waals surface area (Å²) in [6.07, 6.45) is 2.65. The van der Waals surface area contributed by atoms with Gasteiger partial charge in [0.05, 0.1) is 6.61 Å². The van der Waals surface area contributed by atoms with Gasteiger partial charge in [-0.15, -0.1) is 0 Å². The maximum atomic E-state index is 12.0. The Bertz CT molecular complexity index is 278. The second-order valence-electron chi connectivity index (χ2n) is 5.94. The SMILES string of the molecule is CCOC(=O)C(CN(C)CCN1CCCC1)NC(C)C. The van der Waals surface area contributed by atoms with Crippen LogP contribution in [0.2, 0.25) is 0 Å². The molecule has 0 spiro atoms. The molecule has 0 aromatic rings. The molecule has 1 rings (SSSR count). The molecule has 1 fully saturated rings. The van der Waals surface area contributed by atoms with Crippen LogP contribution in [0, 0.1) is 0 Å². The Morgan fingerprint density at radius 3 is 2.55 bits per heavy atom. The van der Waals surface area contributed by atoms with E-state index in [0.717, 1.165) is 13.1 Å². The van der Waals surface area contributed by atoms with Gasteiger partial charge in [0.1, 0.15) is 6.04 Å². The van der Waals surface area contributed by atoms with Gasteiger partial charge in [-0.2, -0.15) is 0 Å². The molecule has 0 saturated carbocycles. The molecule has 1 saturated heterocycles. The minimum atomic E-state index is -0.237. The van der Waals surface area contributed by atoms with E-state index in [2.05, 4.69) is 36.0 Å². The van der Waals surface area contributed by atoms with Crippen LogP contribution in [-0.2, 0) is 9.53 Å². The van der Waals surface area contributed by atoms with Gasteiger partial charge >= 0.3 is 5.97 Å². The van der Waals surface area contributed by atoms with E-state index in [1.54, 1.807) is 0 Å². The smallest absolute Gasteiger partial charge is 0.324 e. The third-order valence-corrected chi connectivity index (χ3v) is 3.60. The van der Waals surface area contributed by atoms with E-state index >= 15 is 0 Å². The monoisotopic (exact) mass is 285 g/mol. The number of likely N-dealkylation sites (tertiary alicyclic amines) is 1. The van der Waals surface area contributed by atoms with E-state index in [9.17, 15) is 4.79 Å². The van der Waals surface area contributed by atoms with Gasteiger partial charge in [-0.3, -0.25) is 4.79 Å². The lowest BCUT2D eigenvalue weighted by Crippen LogP contribution is -2.49. The number of ether oxygens (including phenoxy) is 1. The summed E-state index contributed by atoms with van der Waals surface area (Å²) in [5.41, 5.74) is 0. The van der Waals surface area contributed by atoms with E-state index in [4.69, 9.17) is 4.74 Å². The highest BCUT2D eigenvalue weighted by Gasteiger charge is 2.22. The summed E-state index contributed by atoms with van der Waals surface area (Å²) in [5, 5.41) is 3.29. The second kappa shape index (κ2) is 9.32. The standard InChI is InChI=1S/C15H31N3O2/c1-5-20-15(19)14(16-13(2)3)12-17(4)10-11-18-8-6-7-9-18/h13-14,16H,5-12H2,1-4H3. The van der Waals surface area contributed by atoms with Crippen molar-refractivity contribution in [1.29, 1.82) is 0 Å². The summed E-state index contributed by atoms with van der Waals surface area (Å²) in [4.78, 5) is 16.7. The summed E-state index contributed by atoms with van der Waals surface area (Å²) >= 11 is 0. The number of hydrogen-bond donors (Lipinski definition) is 1. The molecule has 0 aliphatic carbocycles. The number of esters is 1. The van der Waals surface area contributed by atoms with Gasteiger partial charge in [0.2, 0.25) is 0 Å². The highest BCUT2D eigenvalue weighted by atomic mass is 16.5. The van der Waals surface area contributed by atoms with Crippen molar-refractivity contribution in [3.63, 3.8) is 0 Å². The van der Waals surface area contributed by atoms with E-state index < -0.39 is 0 Å². The first-order valence-electron chi connectivity index (χ1n) is 7.86. The van der Waals surface area contributed by atoms with Crippen molar-refractivity contribution >= 4 is 5.97 Å². The molecule has 1 unspecified atom stereocenters. The van der Waals surface area contributed by atoms with E-state index in [1.165, 1.54) is 25.9 Å². The lowest BCUT2D eigenvalue weighted by atomic mass is 10.2. The first kappa shape index (κ1) is 17.4. The Morgan fingerprint density at radius 2 is 2.00 bits per heavy atom. The molecule has 1 atom stereocenters. The van der Waals surface area contributed by atoms with Gasteiger partial charge < -0.3 is 19.9 Å². The zero-order valence-corrected chi connectivity index (χ0v) is 13.5. The molecule has 1 heterocycles. The first-order chi connectivity index (χ1) is 9.52. The van der Waals surface area contributed by atoms with Crippen LogP contribution in [0.3, 0.4) is 0 Å². The molecule has 0 radical (unpaired) electrons. The number of hydrogen-bond acceptors (Lipinski definition) is 5. The first-order valence-corrected chi connectivity index (χ1v) is 7.86. The van der Waals surface area contributed by atoms with Crippen molar-refractivity contribution in [2.45, 2.75) is 45.7 Å². The van der Waals surface area contributed by atoms with Crippen molar-refractivity contribution in [3.05, 3.63) is 0 Å². The van der Waals surface area contributed by atoms with Crippen LogP contribution in [0.15, 0.2) is 0 Å². The molecular formula is C15H31N3O2. The Balaban J connectivity index is 2.35. The molecular weight excluding hydrogens is 254 g/mol. The number of nitrogens with one attached hydrogen (secondary N) is 1. The van der Waals surface area contributed by atoms with Crippen LogP contribution >= 0.6 is 0 Å². The molecule has 0 bridgehead atoms. The van der Waals surface area contributed by atoms with Gasteiger partial charge in [0.25, 0.3) is 0 Å². The molecule has 0 amide bonds. The van der Waals surface area contributed by atoms with Gasteiger partial charge in [-0.1, -0.05) is 13.8 Å². The zero-order chi connectivity index (χ0) is 15.0. The lowest BCUT2D eigenvalue weighted by molar-refractivity contribution is -0.146. The number of carbonyl (C=O) groups is 1. The molecule has 1 aliphatic heterocycles. The number of carbonyl (C=O) groups excluding carboxylic acids is 1. The minimum Gasteiger partial charge on any atom is -0.465 e. The van der Waals surface area contributed by atoms with Gasteiger partial charge in [0, 0.05) is 25.7 Å². The quantitative estimate of drug-likeness (QED) is 0.639. The summed E-state index contributed by atoms with van der Waals surface area (Å²) in [5.74, 6) is -0.144. The molecule has 20 heavy (non-hydrogen) atoms. The van der Waals surface area contributed by atoms with Crippen LogP contribution in [-0.4, -0.2) is 74.2 Å². The number of rotatable bonds is 9. The maximum Gasteiger partial charge on any atom is 0.324 e. The summed E-state index contributed by atoms with van der Waals surface area (Å²) < 4.78 is 5.15. The highest BCUT2D eigenvalue weighted by Crippen LogP contribution is 2.06. The van der Waals surface area contributed by atoms with Crippen LogP contribution in [0.25, 0.3) is 0 Å². The van der Waals surface area contributed by atoms with Crippen LogP contribution in [0.5, 0.6) is 0 Å². The third kappa shape index (κ3) is 6.68. The molecule has 5 nitrogen and oxygen atoms in total. The topological polar surface area (TPSA) is 44.8 Å². The van der Waals surface area contributed by atoms with Gasteiger partial charge in [-0.05, 0) is 39.9 Å². The average Bonchev–Trinajstić information content (AvgIpc) is 2.88. The Kier molecular flexibility index (Phi) is 8.11. The number of nitrogens with zero attached hydrogens (tertiary/aromatic N) is 2. The molecule has 0 aromatic carbocycles. The predicted molar refractivity (Wildman–Crippen MR) is 81.9 cm³/mol. The summed E-state index contributed by atoms with van der Waals surface area (Å²) in [6, 6.07) is 0.0370. The number of likely N-dealkylation sites (N-methyl/N-ethyl adjacent to an activating group) is 1. The van der Waals surface area contributed by atoms with E-state index in [1.807, 2.05) is 6.92 Å². The Hall–Kier alpha value is -0.650. The van der Waals surface area contributed by atoms with Crippen LogP contribution in [0.4, 0.5) is 0 Å². The molecule has 1 aliphatic rings. The van der Waals surface area contributed by atoms with E-state index in [0.29, 0.717) is 13.2 Å². The minimum absolute atomic E-state index is 0.144. The summed E-state index contributed by atoms with van der Waals surface area (Å²) in [7, 11) is 2.07. The third-order valence-electron chi connectivity index (χ3n) is 3.60. The molecule has 5 heteroatoms. The van der Waals surface area contributed by atoms with Crippen molar-refractivity contribution < 1.29 is 9.53 Å². The largest absolute Gasteiger partial charge is 0.465 e. The zero-order valence-electron chi connectivity index (χ0n) is 13.5. The molecule has 1 N–H and O–H groups in total. The normalized spacial score (nSPS) is 17.9. The second-order valence-corrected chi connectivity index (χ2v) is 5.94. The van der Waals surface area contributed by atoms with Crippen molar-refractivity contribution in [3.8, 4) is 0 Å².